The fourth-order valence-corrected chi connectivity index (χ4v) is 0.666. The van der Waals surface area contributed by atoms with Crippen LogP contribution in [0, 0.1) is 0 Å². The van der Waals surface area contributed by atoms with Crippen LogP contribution in [-0.4, -0.2) is 24.0 Å². The lowest BCUT2D eigenvalue weighted by Crippen LogP contribution is -2.38. The first-order chi connectivity index (χ1) is 5.72. The van der Waals surface area contributed by atoms with Gasteiger partial charge >= 0.3 is 5.97 Å². The van der Waals surface area contributed by atoms with Gasteiger partial charge in [0.1, 0.15) is 11.6 Å². The molecule has 3 nitrogen and oxygen atoms in total. The molecule has 0 saturated carbocycles. The van der Waals surface area contributed by atoms with Crippen molar-refractivity contribution < 1.29 is 18.3 Å². The maximum Gasteiger partial charge on any atom is 0.323 e. The lowest BCUT2D eigenvalue weighted by molar-refractivity contribution is -0.157. The van der Waals surface area contributed by atoms with Gasteiger partial charge in [0.15, 0.2) is 0 Å². The average Bonchev–Trinajstić information content (AvgIpc) is 1.81. The van der Waals surface area contributed by atoms with Gasteiger partial charge in [-0.3, -0.25) is 4.79 Å². The second kappa shape index (κ2) is 4.50. The molecule has 0 amide bonds. The molecule has 0 aliphatic heterocycles. The van der Waals surface area contributed by atoms with E-state index in [1.54, 1.807) is 20.8 Å². The van der Waals surface area contributed by atoms with E-state index in [4.69, 9.17) is 10.5 Å². The minimum absolute atomic E-state index is 0.658. The van der Waals surface area contributed by atoms with Gasteiger partial charge in [0.25, 0.3) is 0 Å². The van der Waals surface area contributed by atoms with Crippen molar-refractivity contribution in [2.45, 2.75) is 45.3 Å². The molecule has 0 radical (unpaired) electrons. The number of esters is 1. The SMILES string of the molecule is CC(C)(C)OC(=O)C(N)CC(F)F. The molecule has 5 heteroatoms. The Balaban J connectivity index is 3.97. The van der Waals surface area contributed by atoms with Crippen molar-refractivity contribution in [3.8, 4) is 0 Å². The minimum Gasteiger partial charge on any atom is -0.459 e. The molecule has 0 heterocycles. The monoisotopic (exact) mass is 195 g/mol. The van der Waals surface area contributed by atoms with Crippen molar-refractivity contribution in [3.05, 3.63) is 0 Å². The Morgan fingerprint density at radius 2 is 1.92 bits per heavy atom. The standard InChI is InChI=1S/C8H15F2NO2/c1-8(2,3)13-7(12)5(11)4-6(9)10/h5-6H,4,11H2,1-3H3. The predicted molar refractivity (Wildman–Crippen MR) is 44.4 cm³/mol. The highest BCUT2D eigenvalue weighted by Gasteiger charge is 2.24. The van der Waals surface area contributed by atoms with Crippen LogP contribution in [0.5, 0.6) is 0 Å². The third-order valence-corrected chi connectivity index (χ3v) is 1.14. The molecule has 0 aliphatic carbocycles. The molecule has 0 aromatic rings. The van der Waals surface area contributed by atoms with Crippen molar-refractivity contribution >= 4 is 5.97 Å². The Bertz CT molecular complexity index is 177. The Morgan fingerprint density at radius 1 is 1.46 bits per heavy atom. The molecule has 0 fully saturated rings. The summed E-state index contributed by atoms with van der Waals surface area (Å²) in [7, 11) is 0. The van der Waals surface area contributed by atoms with Crippen molar-refractivity contribution in [3.63, 3.8) is 0 Å². The second-order valence-corrected chi connectivity index (χ2v) is 3.77. The zero-order valence-corrected chi connectivity index (χ0v) is 8.01. The number of ether oxygens (including phenoxy) is 1. The molecule has 0 spiro atoms. The molecular formula is C8H15F2NO2. The summed E-state index contributed by atoms with van der Waals surface area (Å²) >= 11 is 0. The Kier molecular flexibility index (Phi) is 4.26. The number of carbonyl (C=O) groups is 1. The summed E-state index contributed by atoms with van der Waals surface area (Å²) in [4.78, 5) is 11.0. The van der Waals surface area contributed by atoms with Crippen molar-refractivity contribution in [2.24, 2.45) is 5.73 Å². The number of nitrogens with two attached hydrogens (primary N) is 1. The van der Waals surface area contributed by atoms with E-state index in [2.05, 4.69) is 0 Å². The van der Waals surface area contributed by atoms with Crippen LogP contribution in [0.15, 0.2) is 0 Å². The van der Waals surface area contributed by atoms with Crippen LogP contribution in [0.3, 0.4) is 0 Å². The van der Waals surface area contributed by atoms with Crippen LogP contribution in [0.25, 0.3) is 0 Å². The second-order valence-electron chi connectivity index (χ2n) is 3.77. The van der Waals surface area contributed by atoms with Gasteiger partial charge in [0, 0.05) is 6.42 Å². The first-order valence-electron chi connectivity index (χ1n) is 3.99. The van der Waals surface area contributed by atoms with Gasteiger partial charge in [-0.1, -0.05) is 0 Å². The highest BCUT2D eigenvalue weighted by Crippen LogP contribution is 2.10. The van der Waals surface area contributed by atoms with Crippen LogP contribution in [0.4, 0.5) is 8.78 Å². The van der Waals surface area contributed by atoms with Crippen LogP contribution < -0.4 is 5.73 Å². The number of rotatable bonds is 3. The number of hydrogen-bond acceptors (Lipinski definition) is 3. The molecule has 13 heavy (non-hydrogen) atoms. The topological polar surface area (TPSA) is 52.3 Å². The molecule has 0 bridgehead atoms. The summed E-state index contributed by atoms with van der Waals surface area (Å²) in [5.41, 5.74) is 4.49. The molecule has 1 atom stereocenters. The third kappa shape index (κ3) is 6.45. The molecule has 78 valence electrons. The Labute approximate surface area is 76.2 Å². The van der Waals surface area contributed by atoms with E-state index in [1.807, 2.05) is 0 Å². The Morgan fingerprint density at radius 3 is 2.23 bits per heavy atom. The van der Waals surface area contributed by atoms with Gasteiger partial charge in [-0.05, 0) is 20.8 Å². The van der Waals surface area contributed by atoms with Gasteiger partial charge in [-0.25, -0.2) is 8.78 Å². The smallest absolute Gasteiger partial charge is 0.323 e. The number of hydrogen-bond donors (Lipinski definition) is 1. The van der Waals surface area contributed by atoms with E-state index in [0.29, 0.717) is 0 Å². The lowest BCUT2D eigenvalue weighted by atomic mass is 10.1. The van der Waals surface area contributed by atoms with E-state index in [0.717, 1.165) is 0 Å². The zero-order chi connectivity index (χ0) is 10.6. The molecule has 0 aromatic carbocycles. The van der Waals surface area contributed by atoms with E-state index in [1.165, 1.54) is 0 Å². The van der Waals surface area contributed by atoms with Crippen LogP contribution >= 0.6 is 0 Å². The van der Waals surface area contributed by atoms with Crippen molar-refractivity contribution in [2.75, 3.05) is 0 Å². The van der Waals surface area contributed by atoms with E-state index >= 15 is 0 Å². The van der Waals surface area contributed by atoms with Crippen molar-refractivity contribution in [1.29, 1.82) is 0 Å². The maximum absolute atomic E-state index is 11.8. The summed E-state index contributed by atoms with van der Waals surface area (Å²) in [5, 5.41) is 0. The normalized spacial score (nSPS) is 14.4. The molecule has 2 N–H and O–H groups in total. The highest BCUT2D eigenvalue weighted by molar-refractivity contribution is 5.75. The molecule has 1 unspecified atom stereocenters. The largest absolute Gasteiger partial charge is 0.459 e. The molecule has 0 aliphatic rings. The molecule has 0 rings (SSSR count). The summed E-state index contributed by atoms with van der Waals surface area (Å²) in [6.07, 6.45) is -3.24. The van der Waals surface area contributed by atoms with Crippen LogP contribution in [0.2, 0.25) is 0 Å². The number of carbonyl (C=O) groups excluding carboxylic acids is 1. The van der Waals surface area contributed by atoms with Gasteiger partial charge < -0.3 is 10.5 Å². The van der Waals surface area contributed by atoms with Crippen LogP contribution in [0.1, 0.15) is 27.2 Å². The Hall–Kier alpha value is -0.710. The zero-order valence-electron chi connectivity index (χ0n) is 8.01. The molecular weight excluding hydrogens is 180 g/mol. The van der Waals surface area contributed by atoms with Crippen LogP contribution in [-0.2, 0) is 9.53 Å². The fourth-order valence-electron chi connectivity index (χ4n) is 0.666. The lowest BCUT2D eigenvalue weighted by Gasteiger charge is -2.21. The highest BCUT2D eigenvalue weighted by atomic mass is 19.3. The first kappa shape index (κ1) is 12.3. The summed E-state index contributed by atoms with van der Waals surface area (Å²) < 4.78 is 28.4. The van der Waals surface area contributed by atoms with E-state index in [9.17, 15) is 13.6 Å². The van der Waals surface area contributed by atoms with E-state index in [-0.39, 0.29) is 0 Å². The summed E-state index contributed by atoms with van der Waals surface area (Å²) in [5.74, 6) is -0.784. The minimum atomic E-state index is -2.58. The quantitative estimate of drug-likeness (QED) is 0.691. The van der Waals surface area contributed by atoms with Gasteiger partial charge in [-0.2, -0.15) is 0 Å². The third-order valence-electron chi connectivity index (χ3n) is 1.14. The summed E-state index contributed by atoms with van der Waals surface area (Å²) in [6.45, 7) is 4.96. The molecule has 0 aromatic heterocycles. The van der Waals surface area contributed by atoms with Gasteiger partial charge in [0.05, 0.1) is 0 Å². The average molecular weight is 195 g/mol. The summed E-state index contributed by atoms with van der Waals surface area (Å²) in [6, 6.07) is -1.24. The van der Waals surface area contributed by atoms with Gasteiger partial charge in [-0.15, -0.1) is 0 Å². The van der Waals surface area contributed by atoms with Gasteiger partial charge in [0.2, 0.25) is 6.43 Å². The fraction of sp³-hybridized carbons (Fsp3) is 0.875. The first-order valence-corrected chi connectivity index (χ1v) is 3.99. The predicted octanol–water partition coefficient (Wildman–Crippen LogP) is 1.31. The van der Waals surface area contributed by atoms with E-state index < -0.39 is 30.5 Å². The van der Waals surface area contributed by atoms with Crippen molar-refractivity contribution in [1.82, 2.24) is 0 Å². The number of halogens is 2. The number of alkyl halides is 2. The molecule has 0 saturated heterocycles. The maximum atomic E-state index is 11.8.